The summed E-state index contributed by atoms with van der Waals surface area (Å²) in [6.45, 7) is 9.24. The Morgan fingerprint density at radius 3 is 2.21 bits per heavy atom. The highest BCUT2D eigenvalue weighted by Gasteiger charge is 2.24. The maximum absolute atomic E-state index is 2.35. The molecule has 0 atom stereocenters. The molecular weight excluding hydrogens is 228 g/mol. The van der Waals surface area contributed by atoms with Crippen molar-refractivity contribution in [3.63, 3.8) is 0 Å². The molecule has 0 heterocycles. The van der Waals surface area contributed by atoms with Crippen LogP contribution in [0.3, 0.4) is 0 Å². The SMILES string of the molecule is CC(C)c1ccc2c(c1C(C)C)-c1ccccc1C2. The number of fused-ring (bicyclic) bond motifs is 3. The van der Waals surface area contributed by atoms with Gasteiger partial charge in [-0.15, -0.1) is 0 Å². The molecule has 3 rings (SSSR count). The van der Waals surface area contributed by atoms with Crippen molar-refractivity contribution in [3.05, 3.63) is 58.7 Å². The summed E-state index contributed by atoms with van der Waals surface area (Å²) in [5.74, 6) is 1.17. The van der Waals surface area contributed by atoms with E-state index in [4.69, 9.17) is 0 Å². The summed E-state index contributed by atoms with van der Waals surface area (Å²) in [6, 6.07) is 13.6. The molecule has 0 saturated heterocycles. The topological polar surface area (TPSA) is 0 Å². The van der Waals surface area contributed by atoms with E-state index in [1.54, 1.807) is 5.56 Å². The zero-order valence-corrected chi connectivity index (χ0v) is 12.3. The Morgan fingerprint density at radius 1 is 0.789 bits per heavy atom. The van der Waals surface area contributed by atoms with Crippen LogP contribution >= 0.6 is 0 Å². The maximum Gasteiger partial charge on any atom is -0.00133 e. The summed E-state index contributed by atoms with van der Waals surface area (Å²) in [5, 5.41) is 0. The van der Waals surface area contributed by atoms with E-state index in [1.807, 2.05) is 0 Å². The van der Waals surface area contributed by atoms with Crippen LogP contribution in [0.1, 0.15) is 61.8 Å². The van der Waals surface area contributed by atoms with Crippen LogP contribution in [0.25, 0.3) is 11.1 Å². The Hall–Kier alpha value is -1.56. The predicted octanol–water partition coefficient (Wildman–Crippen LogP) is 5.50. The zero-order valence-electron chi connectivity index (χ0n) is 12.3. The Balaban J connectivity index is 2.31. The van der Waals surface area contributed by atoms with Gasteiger partial charge < -0.3 is 0 Å². The summed E-state index contributed by atoms with van der Waals surface area (Å²) in [7, 11) is 0. The Bertz CT molecular complexity index is 618. The molecule has 2 aromatic carbocycles. The van der Waals surface area contributed by atoms with Gasteiger partial charge in [0.25, 0.3) is 0 Å². The summed E-state index contributed by atoms with van der Waals surface area (Å²) >= 11 is 0. The number of hydrogen-bond donors (Lipinski definition) is 0. The van der Waals surface area contributed by atoms with E-state index in [2.05, 4.69) is 64.1 Å². The van der Waals surface area contributed by atoms with Crippen LogP contribution in [0.2, 0.25) is 0 Å². The first-order valence-corrected chi connectivity index (χ1v) is 7.33. The molecule has 0 saturated carbocycles. The van der Waals surface area contributed by atoms with E-state index in [-0.39, 0.29) is 0 Å². The molecule has 98 valence electrons. The smallest absolute Gasteiger partial charge is 0.00133 e. The highest BCUT2D eigenvalue weighted by molar-refractivity contribution is 5.81. The second-order valence-electron chi connectivity index (χ2n) is 6.25. The van der Waals surface area contributed by atoms with Crippen molar-refractivity contribution >= 4 is 0 Å². The van der Waals surface area contributed by atoms with Crippen molar-refractivity contribution in [1.29, 1.82) is 0 Å². The van der Waals surface area contributed by atoms with Gasteiger partial charge in [0.05, 0.1) is 0 Å². The summed E-state index contributed by atoms with van der Waals surface area (Å²) < 4.78 is 0. The molecule has 0 fully saturated rings. The largest absolute Gasteiger partial charge is 0.0619 e. The molecule has 19 heavy (non-hydrogen) atoms. The van der Waals surface area contributed by atoms with Gasteiger partial charge in [0.1, 0.15) is 0 Å². The fraction of sp³-hybridized carbons (Fsp3) is 0.368. The lowest BCUT2D eigenvalue weighted by Gasteiger charge is -2.20. The van der Waals surface area contributed by atoms with Crippen molar-refractivity contribution in [2.45, 2.75) is 46.0 Å². The minimum Gasteiger partial charge on any atom is -0.0619 e. The molecule has 2 aromatic rings. The molecule has 0 N–H and O–H groups in total. The minimum atomic E-state index is 0.582. The molecule has 0 amide bonds. The monoisotopic (exact) mass is 250 g/mol. The van der Waals surface area contributed by atoms with Crippen LogP contribution in [0.5, 0.6) is 0 Å². The van der Waals surface area contributed by atoms with E-state index in [1.165, 1.54) is 27.8 Å². The van der Waals surface area contributed by atoms with Gasteiger partial charge in [-0.1, -0.05) is 64.1 Å². The molecule has 0 radical (unpaired) electrons. The van der Waals surface area contributed by atoms with Crippen molar-refractivity contribution in [3.8, 4) is 11.1 Å². The number of benzene rings is 2. The summed E-state index contributed by atoms with van der Waals surface area (Å²) in [4.78, 5) is 0. The van der Waals surface area contributed by atoms with Gasteiger partial charge in [0, 0.05) is 0 Å². The summed E-state index contributed by atoms with van der Waals surface area (Å²) in [6.07, 6.45) is 1.10. The molecule has 1 aliphatic rings. The molecule has 1 aliphatic carbocycles. The minimum absolute atomic E-state index is 0.582. The van der Waals surface area contributed by atoms with E-state index in [0.29, 0.717) is 11.8 Å². The van der Waals surface area contributed by atoms with Gasteiger partial charge in [-0.25, -0.2) is 0 Å². The highest BCUT2D eigenvalue weighted by Crippen LogP contribution is 2.44. The molecule has 0 unspecified atom stereocenters. The number of rotatable bonds is 2. The quantitative estimate of drug-likeness (QED) is 0.563. The molecule has 0 bridgehead atoms. The lowest BCUT2D eigenvalue weighted by Crippen LogP contribution is -2.02. The first kappa shape index (κ1) is 12.5. The van der Waals surface area contributed by atoms with Crippen molar-refractivity contribution in [2.24, 2.45) is 0 Å². The zero-order chi connectivity index (χ0) is 13.6. The van der Waals surface area contributed by atoms with Crippen LogP contribution in [0.4, 0.5) is 0 Å². The predicted molar refractivity (Wildman–Crippen MR) is 82.9 cm³/mol. The average molecular weight is 250 g/mol. The Labute approximate surface area is 116 Å². The van der Waals surface area contributed by atoms with Crippen LogP contribution in [-0.4, -0.2) is 0 Å². The van der Waals surface area contributed by atoms with Gasteiger partial charge in [-0.05, 0) is 51.6 Å². The average Bonchev–Trinajstić information content (AvgIpc) is 2.75. The highest BCUT2D eigenvalue weighted by atomic mass is 14.3. The Kier molecular flexibility index (Phi) is 2.97. The normalized spacial score (nSPS) is 12.9. The third-order valence-corrected chi connectivity index (χ3v) is 4.23. The second-order valence-corrected chi connectivity index (χ2v) is 6.25. The first-order valence-electron chi connectivity index (χ1n) is 7.33. The van der Waals surface area contributed by atoms with Crippen molar-refractivity contribution in [1.82, 2.24) is 0 Å². The van der Waals surface area contributed by atoms with E-state index in [0.717, 1.165) is 6.42 Å². The summed E-state index contributed by atoms with van der Waals surface area (Å²) in [5.41, 5.74) is 9.07. The third-order valence-electron chi connectivity index (χ3n) is 4.23. The molecule has 0 heteroatoms. The standard InChI is InChI=1S/C19H22/c1-12(2)16-10-9-15-11-14-7-5-6-8-17(14)19(15)18(16)13(3)4/h5-10,12-13H,11H2,1-4H3. The van der Waals surface area contributed by atoms with E-state index in [9.17, 15) is 0 Å². The Morgan fingerprint density at radius 2 is 1.53 bits per heavy atom. The number of hydrogen-bond acceptors (Lipinski definition) is 0. The van der Waals surface area contributed by atoms with Crippen molar-refractivity contribution < 1.29 is 0 Å². The lowest BCUT2D eigenvalue weighted by molar-refractivity contribution is 0.791. The third kappa shape index (κ3) is 1.90. The second kappa shape index (κ2) is 4.52. The van der Waals surface area contributed by atoms with Gasteiger partial charge >= 0.3 is 0 Å². The van der Waals surface area contributed by atoms with Crippen molar-refractivity contribution in [2.75, 3.05) is 0 Å². The molecule has 0 nitrogen and oxygen atoms in total. The van der Waals surface area contributed by atoms with Crippen LogP contribution in [0, 0.1) is 0 Å². The van der Waals surface area contributed by atoms with Gasteiger partial charge in [-0.3, -0.25) is 0 Å². The van der Waals surface area contributed by atoms with Gasteiger partial charge in [-0.2, -0.15) is 0 Å². The van der Waals surface area contributed by atoms with E-state index < -0.39 is 0 Å². The van der Waals surface area contributed by atoms with Crippen LogP contribution < -0.4 is 0 Å². The first-order chi connectivity index (χ1) is 9.09. The lowest BCUT2D eigenvalue weighted by atomic mass is 9.84. The molecule has 0 aliphatic heterocycles. The van der Waals surface area contributed by atoms with Crippen LogP contribution in [-0.2, 0) is 6.42 Å². The molecule has 0 spiro atoms. The van der Waals surface area contributed by atoms with E-state index >= 15 is 0 Å². The van der Waals surface area contributed by atoms with Gasteiger partial charge in [0.15, 0.2) is 0 Å². The van der Waals surface area contributed by atoms with Crippen LogP contribution in [0.15, 0.2) is 36.4 Å². The van der Waals surface area contributed by atoms with Gasteiger partial charge in [0.2, 0.25) is 0 Å². The molecular formula is C19H22. The fourth-order valence-corrected chi connectivity index (χ4v) is 3.40. The molecule has 0 aromatic heterocycles. The fourth-order valence-electron chi connectivity index (χ4n) is 3.40. The maximum atomic E-state index is 2.35.